The molecule has 7 rings (SSSR count). The second kappa shape index (κ2) is 12.2. The van der Waals surface area contributed by atoms with Gasteiger partial charge in [-0.15, -0.1) is 11.3 Å². The van der Waals surface area contributed by atoms with E-state index in [1.165, 1.54) is 16.9 Å². The number of fused-ring (bicyclic) bond motifs is 1. The third-order valence-corrected chi connectivity index (χ3v) is 9.30. The standard InChI is InChI=1S/C30H38N8O3S/c1-20-22(17-36-10-8-31-9-11-36)18-38(35-20)26-6-7-32-30(34-26)33-23-4-2-21(3-5-23)24-19-42-29-25(39)16-27(41-28(24)29)37-12-14-40-15-13-37/h2-5,16,18-19,26,30-34H,6-15,17H2,1H3. The van der Waals surface area contributed by atoms with Crippen LogP contribution in [-0.4, -0.2) is 80.0 Å². The van der Waals surface area contributed by atoms with Gasteiger partial charge in [0.1, 0.15) is 17.2 Å². The first kappa shape index (κ1) is 27.6. The molecule has 6 heterocycles. The monoisotopic (exact) mass is 590 g/mol. The van der Waals surface area contributed by atoms with Gasteiger partial charge in [0.05, 0.1) is 18.9 Å². The Bertz CT molecular complexity index is 1570. The molecule has 3 aromatic heterocycles. The highest BCUT2D eigenvalue weighted by atomic mass is 32.1. The van der Waals surface area contributed by atoms with Gasteiger partial charge in [0.2, 0.25) is 5.43 Å². The van der Waals surface area contributed by atoms with Gasteiger partial charge in [0.25, 0.3) is 0 Å². The molecule has 3 fully saturated rings. The van der Waals surface area contributed by atoms with E-state index in [4.69, 9.17) is 14.3 Å². The largest absolute Gasteiger partial charge is 0.439 e. The van der Waals surface area contributed by atoms with Crippen LogP contribution in [0.2, 0.25) is 0 Å². The molecule has 3 aliphatic rings. The van der Waals surface area contributed by atoms with E-state index in [2.05, 4.69) is 73.1 Å². The van der Waals surface area contributed by atoms with Crippen LogP contribution in [-0.2, 0) is 11.3 Å². The van der Waals surface area contributed by atoms with Crippen molar-refractivity contribution >= 4 is 33.2 Å². The van der Waals surface area contributed by atoms with Crippen molar-refractivity contribution in [3.63, 3.8) is 0 Å². The van der Waals surface area contributed by atoms with Crippen LogP contribution in [0.25, 0.3) is 21.4 Å². The van der Waals surface area contributed by atoms with Crippen LogP contribution in [0.5, 0.6) is 0 Å². The number of nitrogens with zero attached hydrogens (tertiary/aromatic N) is 4. The van der Waals surface area contributed by atoms with Gasteiger partial charge in [-0.2, -0.15) is 5.10 Å². The smallest absolute Gasteiger partial charge is 0.204 e. The first-order valence-corrected chi connectivity index (χ1v) is 15.7. The zero-order chi connectivity index (χ0) is 28.5. The van der Waals surface area contributed by atoms with Crippen molar-refractivity contribution in [2.24, 2.45) is 0 Å². The lowest BCUT2D eigenvalue weighted by atomic mass is 10.1. The zero-order valence-electron chi connectivity index (χ0n) is 23.9. The summed E-state index contributed by atoms with van der Waals surface area (Å²) >= 11 is 1.43. The number of aryl methyl sites for hydroxylation is 1. The second-order valence-electron chi connectivity index (χ2n) is 11.2. The zero-order valence-corrected chi connectivity index (χ0v) is 24.7. The van der Waals surface area contributed by atoms with E-state index in [1.807, 2.05) is 5.38 Å². The van der Waals surface area contributed by atoms with Crippen molar-refractivity contribution in [3.05, 3.63) is 63.4 Å². The Morgan fingerprint density at radius 1 is 1.10 bits per heavy atom. The van der Waals surface area contributed by atoms with E-state index in [0.717, 1.165) is 81.3 Å². The summed E-state index contributed by atoms with van der Waals surface area (Å²) in [6, 6.07) is 9.89. The maximum atomic E-state index is 12.9. The number of morpholine rings is 1. The van der Waals surface area contributed by atoms with Crippen molar-refractivity contribution in [1.82, 2.24) is 30.6 Å². The topological polar surface area (TPSA) is 112 Å². The van der Waals surface area contributed by atoms with E-state index < -0.39 is 0 Å². The molecule has 0 spiro atoms. The minimum absolute atomic E-state index is 0.000397. The number of hydrogen-bond acceptors (Lipinski definition) is 11. The molecule has 1 aromatic carbocycles. The number of rotatable bonds is 7. The molecular formula is C30H38N8O3S. The summed E-state index contributed by atoms with van der Waals surface area (Å²) in [4.78, 5) is 17.4. The number of benzene rings is 1. The van der Waals surface area contributed by atoms with Gasteiger partial charge in [-0.1, -0.05) is 12.1 Å². The van der Waals surface area contributed by atoms with Crippen molar-refractivity contribution < 1.29 is 9.15 Å². The minimum Gasteiger partial charge on any atom is -0.439 e. The predicted molar refractivity (Wildman–Crippen MR) is 166 cm³/mol. The van der Waals surface area contributed by atoms with Crippen LogP contribution >= 0.6 is 11.3 Å². The Morgan fingerprint density at radius 2 is 1.90 bits per heavy atom. The quantitative estimate of drug-likeness (QED) is 0.256. The first-order valence-electron chi connectivity index (χ1n) is 14.8. The van der Waals surface area contributed by atoms with Gasteiger partial charge in [0.15, 0.2) is 11.5 Å². The molecule has 0 radical (unpaired) electrons. The van der Waals surface area contributed by atoms with E-state index >= 15 is 0 Å². The predicted octanol–water partition coefficient (Wildman–Crippen LogP) is 2.75. The van der Waals surface area contributed by atoms with Gasteiger partial charge in [0, 0.05) is 86.8 Å². The molecule has 11 nitrogen and oxygen atoms in total. The summed E-state index contributed by atoms with van der Waals surface area (Å²) in [5.41, 5.74) is 6.00. The first-order chi connectivity index (χ1) is 20.6. The van der Waals surface area contributed by atoms with Gasteiger partial charge in [-0.3, -0.25) is 25.0 Å². The molecule has 0 aliphatic carbocycles. The second-order valence-corrected chi connectivity index (χ2v) is 12.1. The van der Waals surface area contributed by atoms with Crippen molar-refractivity contribution in [3.8, 4) is 11.1 Å². The van der Waals surface area contributed by atoms with Crippen LogP contribution in [0.3, 0.4) is 0 Å². The molecule has 4 N–H and O–H groups in total. The number of thiophene rings is 1. The number of hydrogen-bond donors (Lipinski definition) is 4. The summed E-state index contributed by atoms with van der Waals surface area (Å²) in [7, 11) is 0. The van der Waals surface area contributed by atoms with E-state index in [0.29, 0.717) is 29.4 Å². The average Bonchev–Trinajstić information content (AvgIpc) is 3.62. The highest BCUT2D eigenvalue weighted by Crippen LogP contribution is 2.35. The lowest BCUT2D eigenvalue weighted by Gasteiger charge is -2.33. The maximum Gasteiger partial charge on any atom is 0.204 e. The van der Waals surface area contributed by atoms with Crippen molar-refractivity contribution in [2.75, 3.05) is 69.2 Å². The molecule has 3 saturated heterocycles. The van der Waals surface area contributed by atoms with Crippen molar-refractivity contribution in [2.45, 2.75) is 32.3 Å². The Hall–Kier alpha value is -3.26. The number of aromatic nitrogens is 2. The summed E-state index contributed by atoms with van der Waals surface area (Å²) < 4.78 is 14.5. The molecule has 0 bridgehead atoms. The summed E-state index contributed by atoms with van der Waals surface area (Å²) in [6.07, 6.45) is 3.18. The molecular weight excluding hydrogens is 552 g/mol. The molecule has 12 heteroatoms. The van der Waals surface area contributed by atoms with Crippen LogP contribution in [0.4, 0.5) is 11.6 Å². The summed E-state index contributed by atoms with van der Waals surface area (Å²) in [5, 5.41) is 21.1. The molecule has 222 valence electrons. The summed E-state index contributed by atoms with van der Waals surface area (Å²) in [5.74, 6) is 0.612. The molecule has 0 saturated carbocycles. The third kappa shape index (κ3) is 5.83. The molecule has 42 heavy (non-hydrogen) atoms. The van der Waals surface area contributed by atoms with Gasteiger partial charge < -0.3 is 24.7 Å². The van der Waals surface area contributed by atoms with Crippen LogP contribution in [0.15, 0.2) is 51.1 Å². The van der Waals surface area contributed by atoms with Crippen LogP contribution in [0, 0.1) is 6.92 Å². The van der Waals surface area contributed by atoms with Gasteiger partial charge in [-0.05, 0) is 31.0 Å². The van der Waals surface area contributed by atoms with E-state index in [9.17, 15) is 4.79 Å². The van der Waals surface area contributed by atoms with Crippen molar-refractivity contribution in [1.29, 1.82) is 0 Å². The number of piperazine rings is 1. The Kier molecular flexibility index (Phi) is 7.98. The molecule has 2 unspecified atom stereocenters. The molecule has 0 amide bonds. The Balaban J connectivity index is 1.03. The fourth-order valence-electron chi connectivity index (χ4n) is 5.93. The lowest BCUT2D eigenvalue weighted by molar-refractivity contribution is 0.121. The van der Waals surface area contributed by atoms with Gasteiger partial charge >= 0.3 is 0 Å². The number of anilines is 2. The van der Waals surface area contributed by atoms with Crippen LogP contribution in [0.1, 0.15) is 23.8 Å². The Labute approximate surface area is 248 Å². The highest BCUT2D eigenvalue weighted by Gasteiger charge is 2.24. The fraction of sp³-hybridized carbons (Fsp3) is 0.467. The lowest BCUT2D eigenvalue weighted by Crippen LogP contribution is -2.55. The normalized spacial score (nSPS) is 22.1. The third-order valence-electron chi connectivity index (χ3n) is 8.33. The minimum atomic E-state index is -0.0909. The average molecular weight is 591 g/mol. The van der Waals surface area contributed by atoms with E-state index in [-0.39, 0.29) is 17.9 Å². The summed E-state index contributed by atoms with van der Waals surface area (Å²) in [6.45, 7) is 10.9. The van der Waals surface area contributed by atoms with Crippen LogP contribution < -0.4 is 31.6 Å². The number of ether oxygens (including phenoxy) is 1. The Morgan fingerprint density at radius 3 is 2.71 bits per heavy atom. The molecule has 4 aromatic rings. The highest BCUT2D eigenvalue weighted by molar-refractivity contribution is 7.17. The molecule has 3 aliphatic heterocycles. The molecule has 2 atom stereocenters. The van der Waals surface area contributed by atoms with Gasteiger partial charge in [-0.25, -0.2) is 0 Å². The fourth-order valence-corrected chi connectivity index (χ4v) is 6.84. The number of nitrogens with one attached hydrogen (secondary N) is 4. The van der Waals surface area contributed by atoms with E-state index in [1.54, 1.807) is 6.07 Å². The maximum absolute atomic E-state index is 12.9. The SMILES string of the molecule is Cc1nn(C2CCNC(Nc3ccc(-c4csc5c(=O)cc(N6CCOCC6)oc45)cc3)N2)cc1CN1CCNCC1.